The van der Waals surface area contributed by atoms with Gasteiger partial charge in [-0.05, 0) is 37.1 Å². The molecule has 1 aliphatic carbocycles. The zero-order valence-corrected chi connectivity index (χ0v) is 14.5. The van der Waals surface area contributed by atoms with Gasteiger partial charge in [-0.3, -0.25) is 9.59 Å². The second kappa shape index (κ2) is 7.39. The second-order valence-electron chi connectivity index (χ2n) is 6.59. The standard InChI is InChI=1S/C18H24FN3O3/c1-25-13-8-20-16(23)18(6-7-18)17(24)22-11-9-21(10-12-22)15-4-2-14(19)3-5-15/h2-5H,6-13H2,1H3,(H,20,23). The Morgan fingerprint density at radius 1 is 1.16 bits per heavy atom. The molecule has 2 fully saturated rings. The lowest BCUT2D eigenvalue weighted by Gasteiger charge is -2.37. The van der Waals surface area contributed by atoms with E-state index in [9.17, 15) is 14.0 Å². The van der Waals surface area contributed by atoms with E-state index in [0.29, 0.717) is 52.2 Å². The maximum atomic E-state index is 13.0. The van der Waals surface area contributed by atoms with Gasteiger partial charge in [-0.2, -0.15) is 0 Å². The summed E-state index contributed by atoms with van der Waals surface area (Å²) in [5.74, 6) is -0.510. The van der Waals surface area contributed by atoms with Crippen molar-refractivity contribution >= 4 is 17.5 Å². The van der Waals surface area contributed by atoms with Crippen LogP contribution >= 0.6 is 0 Å². The highest BCUT2D eigenvalue weighted by Crippen LogP contribution is 2.47. The second-order valence-corrected chi connectivity index (χ2v) is 6.59. The molecular formula is C18H24FN3O3. The van der Waals surface area contributed by atoms with Gasteiger partial charge in [0.05, 0.1) is 6.61 Å². The molecule has 1 aromatic rings. The Balaban J connectivity index is 1.54. The SMILES string of the molecule is COCCNC(=O)C1(C(=O)N2CCN(c3ccc(F)cc3)CC2)CC1. The van der Waals surface area contributed by atoms with Crippen molar-refractivity contribution in [1.82, 2.24) is 10.2 Å². The van der Waals surface area contributed by atoms with Gasteiger partial charge in [-0.1, -0.05) is 0 Å². The molecule has 1 aliphatic heterocycles. The molecule has 3 rings (SSSR count). The summed E-state index contributed by atoms with van der Waals surface area (Å²) in [6.07, 6.45) is 1.23. The number of nitrogens with one attached hydrogen (secondary N) is 1. The topological polar surface area (TPSA) is 61.9 Å². The van der Waals surface area contributed by atoms with E-state index >= 15 is 0 Å². The molecular weight excluding hydrogens is 325 g/mol. The van der Waals surface area contributed by atoms with Gasteiger partial charge in [0.1, 0.15) is 11.2 Å². The van der Waals surface area contributed by atoms with E-state index in [0.717, 1.165) is 5.69 Å². The van der Waals surface area contributed by atoms with E-state index in [4.69, 9.17) is 4.74 Å². The van der Waals surface area contributed by atoms with Crippen LogP contribution in [0.2, 0.25) is 0 Å². The Morgan fingerprint density at radius 2 is 1.80 bits per heavy atom. The summed E-state index contributed by atoms with van der Waals surface area (Å²) < 4.78 is 18.0. The van der Waals surface area contributed by atoms with E-state index < -0.39 is 5.41 Å². The van der Waals surface area contributed by atoms with E-state index in [1.807, 2.05) is 0 Å². The molecule has 1 aromatic carbocycles. The zero-order valence-electron chi connectivity index (χ0n) is 14.5. The Bertz CT molecular complexity index is 623. The number of carbonyl (C=O) groups is 2. The summed E-state index contributed by atoms with van der Waals surface area (Å²) in [6.45, 7) is 3.36. The first-order valence-electron chi connectivity index (χ1n) is 8.64. The number of methoxy groups -OCH3 is 1. The van der Waals surface area contributed by atoms with Gasteiger partial charge < -0.3 is 19.9 Å². The molecule has 1 saturated heterocycles. The number of halogens is 1. The van der Waals surface area contributed by atoms with Crippen molar-refractivity contribution in [3.63, 3.8) is 0 Å². The molecule has 1 saturated carbocycles. The number of anilines is 1. The van der Waals surface area contributed by atoms with Crippen LogP contribution in [0.25, 0.3) is 0 Å². The predicted octanol–water partition coefficient (Wildman–Crippen LogP) is 1.02. The summed E-state index contributed by atoms with van der Waals surface area (Å²) in [4.78, 5) is 29.1. The number of hydrogen-bond acceptors (Lipinski definition) is 4. The largest absolute Gasteiger partial charge is 0.383 e. The van der Waals surface area contributed by atoms with Gasteiger partial charge in [0, 0.05) is 45.5 Å². The minimum Gasteiger partial charge on any atom is -0.383 e. The third-order valence-corrected chi connectivity index (χ3v) is 4.94. The maximum Gasteiger partial charge on any atom is 0.238 e. The molecule has 0 bridgehead atoms. The van der Waals surface area contributed by atoms with Crippen molar-refractivity contribution in [3.8, 4) is 0 Å². The number of hydrogen-bond donors (Lipinski definition) is 1. The molecule has 1 N–H and O–H groups in total. The van der Waals surface area contributed by atoms with Crippen LogP contribution in [-0.2, 0) is 14.3 Å². The maximum absolute atomic E-state index is 13.0. The minimum absolute atomic E-state index is 0.0684. The predicted molar refractivity (Wildman–Crippen MR) is 91.7 cm³/mol. The van der Waals surface area contributed by atoms with Gasteiger partial charge in [0.2, 0.25) is 11.8 Å². The van der Waals surface area contributed by atoms with Crippen molar-refractivity contribution in [2.75, 3.05) is 51.3 Å². The summed E-state index contributed by atoms with van der Waals surface area (Å²) in [5, 5.41) is 2.79. The lowest BCUT2D eigenvalue weighted by Crippen LogP contribution is -2.53. The van der Waals surface area contributed by atoms with Crippen molar-refractivity contribution in [1.29, 1.82) is 0 Å². The van der Waals surface area contributed by atoms with Crippen LogP contribution in [0, 0.1) is 11.2 Å². The number of piperazine rings is 1. The summed E-state index contributed by atoms with van der Waals surface area (Å²) in [6, 6.07) is 6.38. The third kappa shape index (κ3) is 3.76. The Kier molecular flexibility index (Phi) is 5.22. The molecule has 7 heteroatoms. The summed E-state index contributed by atoms with van der Waals surface area (Å²) >= 11 is 0. The van der Waals surface area contributed by atoms with E-state index in [1.54, 1.807) is 24.1 Å². The van der Waals surface area contributed by atoms with Crippen molar-refractivity contribution in [3.05, 3.63) is 30.1 Å². The van der Waals surface area contributed by atoms with E-state index in [-0.39, 0.29) is 17.6 Å². The van der Waals surface area contributed by atoms with Crippen LogP contribution < -0.4 is 10.2 Å². The smallest absolute Gasteiger partial charge is 0.238 e. The molecule has 0 radical (unpaired) electrons. The zero-order chi connectivity index (χ0) is 17.9. The molecule has 2 amide bonds. The normalized spacial score (nSPS) is 18.8. The number of ether oxygens (including phenoxy) is 1. The highest BCUT2D eigenvalue weighted by molar-refractivity contribution is 6.07. The number of benzene rings is 1. The van der Waals surface area contributed by atoms with Crippen LogP contribution in [0.1, 0.15) is 12.8 Å². The van der Waals surface area contributed by atoms with E-state index in [1.165, 1.54) is 12.1 Å². The molecule has 0 atom stereocenters. The van der Waals surface area contributed by atoms with Crippen molar-refractivity contribution in [2.45, 2.75) is 12.8 Å². The first-order chi connectivity index (χ1) is 12.1. The van der Waals surface area contributed by atoms with Gasteiger partial charge >= 0.3 is 0 Å². The fourth-order valence-electron chi connectivity index (χ4n) is 3.22. The average Bonchev–Trinajstić information content (AvgIpc) is 3.44. The van der Waals surface area contributed by atoms with Crippen molar-refractivity contribution in [2.24, 2.45) is 5.41 Å². The average molecular weight is 349 g/mol. The molecule has 1 heterocycles. The fraction of sp³-hybridized carbons (Fsp3) is 0.556. The number of carbonyl (C=O) groups excluding carboxylic acids is 2. The summed E-state index contributed by atoms with van der Waals surface area (Å²) in [5.41, 5.74) is 0.0816. The fourth-order valence-corrected chi connectivity index (χ4v) is 3.22. The van der Waals surface area contributed by atoms with Gasteiger partial charge in [-0.15, -0.1) is 0 Å². The molecule has 2 aliphatic rings. The molecule has 0 spiro atoms. The van der Waals surface area contributed by atoms with Crippen LogP contribution in [0.4, 0.5) is 10.1 Å². The Labute approximate surface area is 146 Å². The van der Waals surface area contributed by atoms with Gasteiger partial charge in [0.25, 0.3) is 0 Å². The Hall–Kier alpha value is -2.15. The number of rotatable bonds is 6. The van der Waals surface area contributed by atoms with Crippen molar-refractivity contribution < 1.29 is 18.7 Å². The summed E-state index contributed by atoms with van der Waals surface area (Å²) in [7, 11) is 1.57. The third-order valence-electron chi connectivity index (χ3n) is 4.94. The lowest BCUT2D eigenvalue weighted by molar-refractivity contribution is -0.144. The minimum atomic E-state index is -0.869. The highest BCUT2D eigenvalue weighted by Gasteiger charge is 2.58. The molecule has 136 valence electrons. The van der Waals surface area contributed by atoms with Gasteiger partial charge in [0.15, 0.2) is 0 Å². The molecule has 0 aromatic heterocycles. The molecule has 0 unspecified atom stereocenters. The number of nitrogens with zero attached hydrogens (tertiary/aromatic N) is 2. The number of amides is 2. The Morgan fingerprint density at radius 3 is 2.36 bits per heavy atom. The van der Waals surface area contributed by atoms with Gasteiger partial charge in [-0.25, -0.2) is 4.39 Å². The molecule has 6 nitrogen and oxygen atoms in total. The quantitative estimate of drug-likeness (QED) is 0.615. The lowest BCUT2D eigenvalue weighted by atomic mass is 10.0. The van der Waals surface area contributed by atoms with Crippen LogP contribution in [0.5, 0.6) is 0 Å². The van der Waals surface area contributed by atoms with E-state index in [2.05, 4.69) is 10.2 Å². The van der Waals surface area contributed by atoms with Crippen LogP contribution in [0.3, 0.4) is 0 Å². The molecule has 25 heavy (non-hydrogen) atoms. The highest BCUT2D eigenvalue weighted by atomic mass is 19.1. The van der Waals surface area contributed by atoms with Crippen LogP contribution in [-0.4, -0.2) is 63.2 Å². The monoisotopic (exact) mass is 349 g/mol. The first-order valence-corrected chi connectivity index (χ1v) is 8.64. The first kappa shape index (κ1) is 17.7. The van der Waals surface area contributed by atoms with Crippen LogP contribution in [0.15, 0.2) is 24.3 Å².